The van der Waals surface area contributed by atoms with Crippen molar-refractivity contribution >= 4 is 5.78 Å². The third-order valence-corrected chi connectivity index (χ3v) is 3.22. The van der Waals surface area contributed by atoms with Crippen molar-refractivity contribution in [3.05, 3.63) is 11.1 Å². The van der Waals surface area contributed by atoms with Crippen LogP contribution in [0.15, 0.2) is 11.1 Å². The number of aliphatic hydroxyl groups excluding tert-OH is 2. The van der Waals surface area contributed by atoms with E-state index in [1.807, 2.05) is 0 Å². The quantitative estimate of drug-likeness (QED) is 0.798. The van der Waals surface area contributed by atoms with Gasteiger partial charge in [0.1, 0.15) is 0 Å². The van der Waals surface area contributed by atoms with E-state index in [-0.39, 0.29) is 24.4 Å². The molecule has 0 bridgehead atoms. The Morgan fingerprint density at radius 1 is 1.17 bits per heavy atom. The Hall–Kier alpha value is -0.670. The molecule has 0 aromatic heterocycles. The van der Waals surface area contributed by atoms with Crippen molar-refractivity contribution in [3.63, 3.8) is 0 Å². The van der Waals surface area contributed by atoms with E-state index in [1.165, 1.54) is 5.57 Å². The predicted molar refractivity (Wildman–Crippen MR) is 74.3 cm³/mol. The molecule has 106 valence electrons. The van der Waals surface area contributed by atoms with Gasteiger partial charge in [-0.25, -0.2) is 0 Å². The molecule has 0 spiro atoms. The summed E-state index contributed by atoms with van der Waals surface area (Å²) in [5.41, 5.74) is 2.75. The fourth-order valence-corrected chi connectivity index (χ4v) is 3.51. The van der Waals surface area contributed by atoms with Crippen LogP contribution in [-0.4, -0.2) is 29.2 Å². The lowest BCUT2D eigenvalue weighted by Crippen LogP contribution is -2.33. The van der Waals surface area contributed by atoms with Crippen molar-refractivity contribution in [1.82, 2.24) is 0 Å². The Kier molecular flexibility index (Phi) is 6.24. The molecular formula is C15H28O3. The average molecular weight is 256 g/mol. The number of carbonyl (C=O) groups is 1. The van der Waals surface area contributed by atoms with Crippen LogP contribution in [0.25, 0.3) is 0 Å². The van der Waals surface area contributed by atoms with Gasteiger partial charge in [-0.05, 0) is 43.1 Å². The van der Waals surface area contributed by atoms with Crippen LogP contribution >= 0.6 is 0 Å². The molecule has 0 radical (unpaired) electrons. The first-order chi connectivity index (χ1) is 8.07. The molecular weight excluding hydrogens is 228 g/mol. The molecule has 0 heterocycles. The molecule has 2 N–H and O–H groups in total. The third kappa shape index (κ3) is 4.91. The van der Waals surface area contributed by atoms with Gasteiger partial charge in [-0.1, -0.05) is 33.3 Å². The van der Waals surface area contributed by atoms with E-state index >= 15 is 0 Å². The number of carbonyl (C=O) groups excluding carboxylic acids is 1. The number of ketones is 1. The van der Waals surface area contributed by atoms with Gasteiger partial charge in [0, 0.05) is 0 Å². The summed E-state index contributed by atoms with van der Waals surface area (Å²) in [5.74, 6) is 0.253. The van der Waals surface area contributed by atoms with Gasteiger partial charge in [-0.3, -0.25) is 4.79 Å². The largest absolute Gasteiger partial charge is 0.394 e. The highest BCUT2D eigenvalue weighted by Crippen LogP contribution is 2.48. The van der Waals surface area contributed by atoms with Gasteiger partial charge in [0.05, 0.1) is 13.2 Å². The van der Waals surface area contributed by atoms with Gasteiger partial charge < -0.3 is 10.2 Å². The van der Waals surface area contributed by atoms with Crippen LogP contribution in [0.1, 0.15) is 54.4 Å². The summed E-state index contributed by atoms with van der Waals surface area (Å²) in [4.78, 5) is 11.6. The number of allylic oxidation sites excluding steroid dienone is 2. The maximum absolute atomic E-state index is 11.6. The van der Waals surface area contributed by atoms with Crippen LogP contribution in [-0.2, 0) is 4.79 Å². The molecule has 0 aromatic rings. The molecule has 0 aromatic carbocycles. The summed E-state index contributed by atoms with van der Waals surface area (Å²) in [6, 6.07) is 0. The Bertz CT molecular complexity index is 323. The normalized spacial score (nSPS) is 21.1. The lowest BCUT2D eigenvalue weighted by molar-refractivity contribution is -0.115. The zero-order chi connectivity index (χ0) is 14.6. The minimum Gasteiger partial charge on any atom is -0.394 e. The van der Waals surface area contributed by atoms with E-state index in [1.54, 1.807) is 6.92 Å². The van der Waals surface area contributed by atoms with Gasteiger partial charge in [0.2, 0.25) is 0 Å². The first kappa shape index (κ1) is 17.3. The smallest absolute Gasteiger partial charge is 0.156 e. The van der Waals surface area contributed by atoms with Crippen LogP contribution < -0.4 is 0 Å². The Morgan fingerprint density at radius 2 is 1.61 bits per heavy atom. The van der Waals surface area contributed by atoms with Gasteiger partial charge in [-0.2, -0.15) is 0 Å². The van der Waals surface area contributed by atoms with Gasteiger partial charge in [0.15, 0.2) is 5.78 Å². The van der Waals surface area contributed by atoms with Crippen molar-refractivity contribution in [2.45, 2.75) is 54.4 Å². The molecule has 3 heteroatoms. The zero-order valence-corrected chi connectivity index (χ0v) is 12.6. The predicted octanol–water partition coefficient (Wildman–Crippen LogP) is 2.71. The highest BCUT2D eigenvalue weighted by Gasteiger charge is 2.39. The molecule has 0 aliphatic heterocycles. The molecule has 18 heavy (non-hydrogen) atoms. The monoisotopic (exact) mass is 256 g/mol. The fraction of sp³-hybridized carbons (Fsp3) is 0.800. The van der Waals surface area contributed by atoms with Crippen molar-refractivity contribution in [2.75, 3.05) is 13.2 Å². The van der Waals surface area contributed by atoms with Crippen molar-refractivity contribution < 1.29 is 15.0 Å². The van der Waals surface area contributed by atoms with E-state index < -0.39 is 0 Å². The Balaban J connectivity index is 0.000000631. The first-order valence-corrected chi connectivity index (χ1v) is 6.50. The topological polar surface area (TPSA) is 57.5 Å². The van der Waals surface area contributed by atoms with Crippen LogP contribution in [0.3, 0.4) is 0 Å². The van der Waals surface area contributed by atoms with Crippen LogP contribution in [0.4, 0.5) is 0 Å². The molecule has 0 saturated carbocycles. The molecule has 0 atom stereocenters. The van der Waals surface area contributed by atoms with Crippen molar-refractivity contribution in [2.24, 2.45) is 10.8 Å². The molecule has 1 aliphatic carbocycles. The minimum absolute atomic E-state index is 0.0532. The second kappa shape index (κ2) is 6.48. The maximum Gasteiger partial charge on any atom is 0.156 e. The summed E-state index contributed by atoms with van der Waals surface area (Å²) in [7, 11) is 0. The second-order valence-corrected chi connectivity index (χ2v) is 6.56. The molecule has 3 nitrogen and oxygen atoms in total. The number of aliphatic hydroxyl groups is 2. The van der Waals surface area contributed by atoms with E-state index in [0.717, 1.165) is 18.4 Å². The van der Waals surface area contributed by atoms with Crippen molar-refractivity contribution in [1.29, 1.82) is 0 Å². The number of hydrogen-bond donors (Lipinski definition) is 2. The van der Waals surface area contributed by atoms with E-state index in [0.29, 0.717) is 5.41 Å². The van der Waals surface area contributed by atoms with Gasteiger partial charge in [-0.15, -0.1) is 0 Å². The summed E-state index contributed by atoms with van der Waals surface area (Å²) < 4.78 is 0. The Labute approximate surface area is 111 Å². The lowest BCUT2D eigenvalue weighted by atomic mass is 9.62. The van der Waals surface area contributed by atoms with Gasteiger partial charge in [0.25, 0.3) is 0 Å². The van der Waals surface area contributed by atoms with Crippen molar-refractivity contribution in [3.8, 4) is 0 Å². The highest BCUT2D eigenvalue weighted by molar-refractivity contribution is 5.95. The number of rotatable bonds is 2. The van der Waals surface area contributed by atoms with E-state index in [9.17, 15) is 4.79 Å². The van der Waals surface area contributed by atoms with E-state index in [4.69, 9.17) is 10.2 Å². The summed E-state index contributed by atoms with van der Waals surface area (Å²) in [6.07, 6.45) is 2.16. The SMILES string of the molecule is CC(=O)C1=C(C)CC(C)(C)CC1(C)C.OCCO. The number of hydrogen-bond acceptors (Lipinski definition) is 3. The maximum atomic E-state index is 11.6. The highest BCUT2D eigenvalue weighted by atomic mass is 16.3. The molecule has 1 aliphatic rings. The Morgan fingerprint density at radius 3 is 1.89 bits per heavy atom. The van der Waals surface area contributed by atoms with Crippen LogP contribution in [0.5, 0.6) is 0 Å². The number of Topliss-reactive ketones (excluding diaryl/α,β-unsaturated/α-hetero) is 1. The van der Waals surface area contributed by atoms with Crippen LogP contribution in [0, 0.1) is 10.8 Å². The molecule has 0 amide bonds. The molecule has 1 rings (SSSR count). The fourth-order valence-electron chi connectivity index (χ4n) is 3.51. The summed E-state index contributed by atoms with van der Waals surface area (Å²) in [6.45, 7) is 12.5. The first-order valence-electron chi connectivity index (χ1n) is 6.50. The average Bonchev–Trinajstić information content (AvgIpc) is 2.12. The summed E-state index contributed by atoms with van der Waals surface area (Å²) in [5, 5.41) is 15.2. The third-order valence-electron chi connectivity index (χ3n) is 3.22. The molecule has 0 fully saturated rings. The van der Waals surface area contributed by atoms with Gasteiger partial charge >= 0.3 is 0 Å². The molecule has 0 unspecified atom stereocenters. The zero-order valence-electron chi connectivity index (χ0n) is 12.6. The summed E-state index contributed by atoms with van der Waals surface area (Å²) >= 11 is 0. The molecule has 0 saturated heterocycles. The minimum atomic E-state index is -0.125. The van der Waals surface area contributed by atoms with Crippen LogP contribution in [0.2, 0.25) is 0 Å². The lowest BCUT2D eigenvalue weighted by Gasteiger charge is -2.42. The second-order valence-electron chi connectivity index (χ2n) is 6.56. The standard InChI is InChI=1S/C13H22O.C2H6O2/c1-9-7-12(3,4)8-13(5,6)11(9)10(2)14;3-1-2-4/h7-8H2,1-6H3;3-4H,1-2H2. The van der Waals surface area contributed by atoms with E-state index in [2.05, 4.69) is 34.6 Å².